The summed E-state index contributed by atoms with van der Waals surface area (Å²) in [5, 5.41) is 17.0. The third-order valence-electron chi connectivity index (χ3n) is 4.88. The van der Waals surface area contributed by atoms with Crippen molar-refractivity contribution in [3.8, 4) is 0 Å². The molecule has 2 saturated heterocycles. The van der Waals surface area contributed by atoms with Gasteiger partial charge in [-0.2, -0.15) is 0 Å². The highest BCUT2D eigenvalue weighted by Gasteiger charge is 2.17. The van der Waals surface area contributed by atoms with E-state index in [1.807, 2.05) is 43.2 Å². The van der Waals surface area contributed by atoms with E-state index in [4.69, 9.17) is 0 Å². The average molecular weight is 467 g/mol. The highest BCUT2D eigenvalue weighted by atomic mass is 33.1. The Morgan fingerprint density at radius 2 is 1.29 bits per heavy atom. The zero-order chi connectivity index (χ0) is 20.0. The van der Waals surface area contributed by atoms with Crippen LogP contribution in [0, 0.1) is 0 Å². The van der Waals surface area contributed by atoms with E-state index in [0.29, 0.717) is 12.8 Å². The predicted octanol–water partition coefficient (Wildman–Crippen LogP) is 4.01. The molecule has 0 bridgehead atoms. The van der Waals surface area contributed by atoms with Gasteiger partial charge in [-0.3, -0.25) is 9.59 Å². The van der Waals surface area contributed by atoms with Crippen molar-refractivity contribution in [3.63, 3.8) is 0 Å². The molecule has 2 unspecified atom stereocenters. The summed E-state index contributed by atoms with van der Waals surface area (Å²) in [7, 11) is 7.87. The van der Waals surface area contributed by atoms with Crippen LogP contribution in [-0.4, -0.2) is 58.1 Å². The molecule has 2 heterocycles. The van der Waals surface area contributed by atoms with E-state index in [1.54, 1.807) is 0 Å². The molecule has 2 atom stereocenters. The summed E-state index contributed by atoms with van der Waals surface area (Å²) in [6.07, 6.45) is 9.24. The van der Waals surface area contributed by atoms with Crippen LogP contribution in [0.15, 0.2) is 0 Å². The van der Waals surface area contributed by atoms with Crippen LogP contribution in [0.5, 0.6) is 0 Å². The predicted molar refractivity (Wildman–Crippen MR) is 126 cm³/mol. The largest absolute Gasteiger partial charge is 0.389 e. The second-order valence-corrected chi connectivity index (χ2v) is 13.0. The van der Waals surface area contributed by atoms with Crippen molar-refractivity contribution in [2.45, 2.75) is 80.8 Å². The molecule has 0 aliphatic carbocycles. The molecule has 0 radical (unpaired) electrons. The maximum Gasteiger partial charge on any atom is 0.220 e. The van der Waals surface area contributed by atoms with E-state index >= 15 is 0 Å². The van der Waals surface area contributed by atoms with Gasteiger partial charge in [-0.15, -0.1) is 0 Å². The van der Waals surface area contributed by atoms with E-state index in [9.17, 15) is 14.7 Å². The van der Waals surface area contributed by atoms with Gasteiger partial charge in [-0.1, -0.05) is 56.0 Å². The van der Waals surface area contributed by atoms with Gasteiger partial charge in [0.05, 0.1) is 6.10 Å². The van der Waals surface area contributed by atoms with Crippen LogP contribution in [-0.2, 0) is 9.59 Å². The van der Waals surface area contributed by atoms with Crippen LogP contribution in [0.3, 0.4) is 0 Å². The molecule has 0 spiro atoms. The highest BCUT2D eigenvalue weighted by molar-refractivity contribution is 8.77. The summed E-state index contributed by atoms with van der Waals surface area (Å²) in [6.45, 7) is 0.398. The van der Waals surface area contributed by atoms with Gasteiger partial charge in [0, 0.05) is 47.9 Å². The lowest BCUT2D eigenvalue weighted by atomic mass is 10.1. The first-order valence-corrected chi connectivity index (χ1v) is 15.2. The molecule has 28 heavy (non-hydrogen) atoms. The Morgan fingerprint density at radius 1 is 0.821 bits per heavy atom. The molecule has 3 N–H and O–H groups in total. The summed E-state index contributed by atoms with van der Waals surface area (Å²) >= 11 is 0. The maximum atomic E-state index is 11.8. The van der Waals surface area contributed by atoms with Crippen molar-refractivity contribution in [3.05, 3.63) is 0 Å². The number of hydrogen-bond acceptors (Lipinski definition) is 7. The zero-order valence-corrected chi connectivity index (χ0v) is 19.8. The second-order valence-electron chi connectivity index (χ2n) is 7.41. The van der Waals surface area contributed by atoms with Gasteiger partial charge in [0.2, 0.25) is 11.8 Å². The monoisotopic (exact) mass is 466 g/mol. The molecular weight excluding hydrogens is 432 g/mol. The summed E-state index contributed by atoms with van der Waals surface area (Å²) in [6, 6.07) is 0. The van der Waals surface area contributed by atoms with Crippen LogP contribution in [0.1, 0.15) is 64.2 Å². The quantitative estimate of drug-likeness (QED) is 0.264. The minimum atomic E-state index is -0.730. The molecular formula is C19H34N2O3S4. The van der Waals surface area contributed by atoms with Crippen molar-refractivity contribution in [1.29, 1.82) is 0 Å². The Morgan fingerprint density at radius 3 is 1.68 bits per heavy atom. The summed E-state index contributed by atoms with van der Waals surface area (Å²) in [5.41, 5.74) is 0. The summed E-state index contributed by atoms with van der Waals surface area (Å²) < 4.78 is 0. The fourth-order valence-electron chi connectivity index (χ4n) is 3.16. The van der Waals surface area contributed by atoms with E-state index < -0.39 is 6.10 Å². The Kier molecular flexibility index (Phi) is 13.3. The number of hydrogen-bond donors (Lipinski definition) is 3. The van der Waals surface area contributed by atoms with Crippen molar-refractivity contribution in [1.82, 2.24) is 10.6 Å². The van der Waals surface area contributed by atoms with Crippen molar-refractivity contribution < 1.29 is 14.7 Å². The molecule has 2 fully saturated rings. The number of amides is 2. The maximum absolute atomic E-state index is 11.8. The Labute approximate surface area is 185 Å². The number of carbonyl (C=O) groups excluding carboxylic acids is 2. The number of carbonyl (C=O) groups is 2. The molecule has 2 amide bonds. The van der Waals surface area contributed by atoms with Crippen molar-refractivity contribution in [2.75, 3.05) is 24.6 Å². The first-order valence-electron chi connectivity index (χ1n) is 10.4. The Balaban J connectivity index is 1.39. The standard InChI is InChI=1S/C19H34N2O3S4/c22-15(13-20-18(23)7-3-1-5-16-9-11-25-27-16)14-21-19(24)8-4-2-6-17-10-12-26-28-17/h15-17,22H,1-14H2,(H,20,23)(H,21,24). The number of aliphatic hydroxyl groups is 1. The molecule has 5 nitrogen and oxygen atoms in total. The van der Waals surface area contributed by atoms with Crippen LogP contribution in [0.25, 0.3) is 0 Å². The van der Waals surface area contributed by atoms with Crippen LogP contribution in [0.2, 0.25) is 0 Å². The van der Waals surface area contributed by atoms with Crippen LogP contribution >= 0.6 is 43.2 Å². The van der Waals surface area contributed by atoms with Gasteiger partial charge < -0.3 is 15.7 Å². The molecule has 0 aromatic rings. The van der Waals surface area contributed by atoms with Gasteiger partial charge in [-0.05, 0) is 38.5 Å². The topological polar surface area (TPSA) is 78.4 Å². The van der Waals surface area contributed by atoms with E-state index in [2.05, 4.69) is 10.6 Å². The minimum absolute atomic E-state index is 0.0122. The van der Waals surface area contributed by atoms with Gasteiger partial charge in [0.25, 0.3) is 0 Å². The number of unbranched alkanes of at least 4 members (excludes halogenated alkanes) is 2. The molecule has 9 heteroatoms. The fourth-order valence-corrected chi connectivity index (χ4v) is 9.21. The van der Waals surface area contributed by atoms with Crippen molar-refractivity contribution in [2.24, 2.45) is 0 Å². The van der Waals surface area contributed by atoms with Crippen LogP contribution < -0.4 is 10.6 Å². The van der Waals surface area contributed by atoms with Crippen molar-refractivity contribution >= 4 is 55.0 Å². The Hall–Kier alpha value is 0.300. The molecule has 2 rings (SSSR count). The van der Waals surface area contributed by atoms with E-state index in [-0.39, 0.29) is 24.9 Å². The highest BCUT2D eigenvalue weighted by Crippen LogP contribution is 2.40. The third kappa shape index (κ3) is 11.5. The third-order valence-corrected chi connectivity index (χ3v) is 10.9. The smallest absolute Gasteiger partial charge is 0.220 e. The lowest BCUT2D eigenvalue weighted by Gasteiger charge is -2.13. The molecule has 2 aliphatic rings. The molecule has 0 saturated carbocycles. The number of rotatable bonds is 14. The number of aliphatic hydroxyl groups excluding tert-OH is 1. The summed E-state index contributed by atoms with van der Waals surface area (Å²) in [4.78, 5) is 23.7. The average Bonchev–Trinajstić information content (AvgIpc) is 3.39. The minimum Gasteiger partial charge on any atom is -0.389 e. The molecule has 0 aromatic heterocycles. The molecule has 162 valence electrons. The fraction of sp³-hybridized carbons (Fsp3) is 0.895. The van der Waals surface area contributed by atoms with Gasteiger partial charge >= 0.3 is 0 Å². The van der Waals surface area contributed by atoms with E-state index in [1.165, 1.54) is 37.2 Å². The van der Waals surface area contributed by atoms with Gasteiger partial charge in [-0.25, -0.2) is 0 Å². The second kappa shape index (κ2) is 15.2. The molecule has 0 aromatic carbocycles. The normalized spacial score (nSPS) is 22.9. The number of nitrogens with one attached hydrogen (secondary N) is 2. The zero-order valence-electron chi connectivity index (χ0n) is 16.5. The van der Waals surface area contributed by atoms with Gasteiger partial charge in [0.1, 0.15) is 0 Å². The lowest BCUT2D eigenvalue weighted by Crippen LogP contribution is -2.39. The summed E-state index contributed by atoms with van der Waals surface area (Å²) in [5.74, 6) is 2.48. The lowest BCUT2D eigenvalue weighted by molar-refractivity contribution is -0.121. The van der Waals surface area contributed by atoms with E-state index in [0.717, 1.165) is 36.2 Å². The Bertz CT molecular complexity index is 418. The first kappa shape index (κ1) is 24.6. The van der Waals surface area contributed by atoms with Crippen LogP contribution in [0.4, 0.5) is 0 Å². The first-order chi connectivity index (χ1) is 13.6. The SMILES string of the molecule is O=C(CCCCC1CCSS1)NCC(O)CNC(=O)CCCCC1CCSS1. The molecule has 2 aliphatic heterocycles. The van der Waals surface area contributed by atoms with Gasteiger partial charge in [0.15, 0.2) is 0 Å².